The van der Waals surface area contributed by atoms with Crippen LogP contribution in [0.5, 0.6) is 0 Å². The second-order valence-electron chi connectivity index (χ2n) is 5.20. The third-order valence-corrected chi connectivity index (χ3v) is 6.75. The molecule has 0 radical (unpaired) electrons. The molecule has 0 saturated heterocycles. The van der Waals surface area contributed by atoms with E-state index < -0.39 is 22.7 Å². The summed E-state index contributed by atoms with van der Waals surface area (Å²) in [5.74, 6) is 0. The van der Waals surface area contributed by atoms with Crippen molar-refractivity contribution in [3.63, 3.8) is 0 Å². The van der Waals surface area contributed by atoms with E-state index in [1.54, 1.807) is 0 Å². The molecule has 1 rings (SSSR count). The van der Waals surface area contributed by atoms with Crippen LogP contribution in [0.25, 0.3) is 0 Å². The fourth-order valence-corrected chi connectivity index (χ4v) is 4.49. The Labute approximate surface area is 277 Å². The van der Waals surface area contributed by atoms with Crippen molar-refractivity contribution in [2.45, 2.75) is 37.6 Å². The molecule has 3 N–H and O–H groups in total. The van der Waals surface area contributed by atoms with Crippen LogP contribution in [-0.4, -0.2) is 182 Å². The van der Waals surface area contributed by atoms with Gasteiger partial charge in [-0.25, -0.2) is 0 Å². The van der Waals surface area contributed by atoms with Crippen LogP contribution in [0.1, 0.15) is 31.7 Å². The molecule has 0 fully saturated rings. The first-order valence-electron chi connectivity index (χ1n) is 6.82. The molecule has 1 unspecified atom stereocenters. The molecule has 0 spiro atoms. The molecule has 6 nitrogen and oxygen atoms in total. The monoisotopic (exact) mass is 468 g/mol. The van der Waals surface area contributed by atoms with Crippen molar-refractivity contribution in [1.29, 1.82) is 0 Å². The predicted molar refractivity (Wildman–Crippen MR) is 107 cm³/mol. The van der Waals surface area contributed by atoms with E-state index in [2.05, 4.69) is 0 Å². The molecular formula is C14H24K3O6PS. The van der Waals surface area contributed by atoms with Crippen molar-refractivity contribution in [3.8, 4) is 0 Å². The standard InChI is InChI=1S/C14H21O6PS.3K.3H/c1-12(11-13-8-3-2-4-9-13)7-5-6-10-14(21(15,16)17)22(18,19)20;;;;;;/h2-4,7-9,14H,5-6,10-11H2,1H3,(H2,15,16,17)(H,18,19,20);;;;;;/b12-7+;;;;;;. The number of hydrogen-bond donors (Lipinski definition) is 3. The van der Waals surface area contributed by atoms with Gasteiger partial charge in [0.1, 0.15) is 0 Å². The van der Waals surface area contributed by atoms with Crippen LogP contribution < -0.4 is 0 Å². The topological polar surface area (TPSA) is 112 Å². The average Bonchev–Trinajstić information content (AvgIpc) is 2.36. The van der Waals surface area contributed by atoms with Crippen molar-refractivity contribution >= 4 is 172 Å². The summed E-state index contributed by atoms with van der Waals surface area (Å²) < 4.78 is 42.0. The van der Waals surface area contributed by atoms with E-state index >= 15 is 0 Å². The van der Waals surface area contributed by atoms with Crippen LogP contribution in [0.15, 0.2) is 42.0 Å². The van der Waals surface area contributed by atoms with Gasteiger partial charge in [0.25, 0.3) is 10.1 Å². The van der Waals surface area contributed by atoms with Gasteiger partial charge in [-0.15, -0.1) is 0 Å². The summed E-state index contributed by atoms with van der Waals surface area (Å²) in [5.41, 5.74) is 2.24. The molecule has 0 aliphatic rings. The third-order valence-electron chi connectivity index (χ3n) is 3.19. The van der Waals surface area contributed by atoms with Gasteiger partial charge in [-0.1, -0.05) is 42.0 Å². The van der Waals surface area contributed by atoms with Crippen molar-refractivity contribution in [2.24, 2.45) is 0 Å². The van der Waals surface area contributed by atoms with Gasteiger partial charge < -0.3 is 9.79 Å². The maximum absolute atomic E-state index is 11.1. The van der Waals surface area contributed by atoms with E-state index in [1.807, 2.05) is 43.3 Å². The fourth-order valence-electron chi connectivity index (χ4n) is 2.12. The summed E-state index contributed by atoms with van der Waals surface area (Å²) in [6.07, 6.45) is 3.15. The van der Waals surface area contributed by atoms with E-state index in [0.717, 1.165) is 17.6 Å². The number of hydrogen-bond acceptors (Lipinski definition) is 3. The Hall–Kier alpha value is 3.93. The van der Waals surface area contributed by atoms with Gasteiger partial charge in [0.15, 0.2) is 4.99 Å². The van der Waals surface area contributed by atoms with Crippen molar-refractivity contribution in [1.82, 2.24) is 0 Å². The molecule has 1 atom stereocenters. The van der Waals surface area contributed by atoms with Crippen LogP contribution in [0.3, 0.4) is 0 Å². The zero-order chi connectivity index (χ0) is 16.8. The number of allylic oxidation sites excluding steroid dienone is 2. The van der Waals surface area contributed by atoms with Crippen molar-refractivity contribution < 1.29 is 27.3 Å². The second-order valence-corrected chi connectivity index (χ2v) is 8.95. The molecule has 1 aromatic carbocycles. The first-order chi connectivity index (χ1) is 10.1. The Balaban J connectivity index is -0.00000161. The van der Waals surface area contributed by atoms with E-state index in [-0.39, 0.29) is 167 Å². The van der Waals surface area contributed by atoms with Gasteiger partial charge in [0.2, 0.25) is 0 Å². The van der Waals surface area contributed by atoms with E-state index in [4.69, 9.17) is 14.3 Å². The van der Waals surface area contributed by atoms with Gasteiger partial charge in [0, 0.05) is 0 Å². The van der Waals surface area contributed by atoms with Crippen molar-refractivity contribution in [2.75, 3.05) is 0 Å². The van der Waals surface area contributed by atoms with E-state index in [0.29, 0.717) is 6.42 Å². The third kappa shape index (κ3) is 15.4. The van der Waals surface area contributed by atoms with Gasteiger partial charge in [0.05, 0.1) is 0 Å². The zero-order valence-corrected chi connectivity index (χ0v) is 14.0. The normalized spacial score (nSPS) is 13.0. The minimum atomic E-state index is -4.87. The summed E-state index contributed by atoms with van der Waals surface area (Å²) in [6, 6.07) is 9.82. The Morgan fingerprint density at radius 2 is 1.68 bits per heavy atom. The molecule has 0 aliphatic heterocycles. The summed E-state index contributed by atoms with van der Waals surface area (Å²) in [6.45, 7) is 1.94. The molecule has 0 heterocycles. The van der Waals surface area contributed by atoms with Gasteiger partial charge >= 0.3 is 162 Å². The molecule has 0 aromatic heterocycles. The predicted octanol–water partition coefficient (Wildman–Crippen LogP) is 0.792. The quantitative estimate of drug-likeness (QED) is 0.171. The average molecular weight is 469 g/mol. The van der Waals surface area contributed by atoms with Crippen LogP contribution in [0.4, 0.5) is 0 Å². The molecule has 11 heteroatoms. The molecular weight excluding hydrogens is 444 g/mol. The van der Waals surface area contributed by atoms with Gasteiger partial charge in [-0.05, 0) is 38.2 Å². The minimum absolute atomic E-state index is 0. The van der Waals surface area contributed by atoms with Gasteiger partial charge in [-0.3, -0.25) is 9.12 Å². The van der Waals surface area contributed by atoms with E-state index in [9.17, 15) is 13.0 Å². The Morgan fingerprint density at radius 3 is 2.12 bits per heavy atom. The summed E-state index contributed by atoms with van der Waals surface area (Å²) >= 11 is 0. The molecule has 130 valence electrons. The molecule has 25 heavy (non-hydrogen) atoms. The second kappa shape index (κ2) is 16.6. The van der Waals surface area contributed by atoms with Crippen LogP contribution in [-0.2, 0) is 21.1 Å². The Kier molecular flexibility index (Phi) is 22.3. The Morgan fingerprint density at radius 1 is 1.16 bits per heavy atom. The number of unbranched alkanes of at least 4 members (excludes halogenated alkanes) is 1. The first-order valence-corrected chi connectivity index (χ1v) is 10.0. The van der Waals surface area contributed by atoms with Crippen molar-refractivity contribution in [3.05, 3.63) is 47.5 Å². The first kappa shape index (κ1) is 33.6. The summed E-state index contributed by atoms with van der Waals surface area (Å²) in [7, 11) is -9.63. The number of benzene rings is 1. The molecule has 0 aliphatic carbocycles. The zero-order valence-electron chi connectivity index (χ0n) is 12.3. The SMILES string of the molecule is C/C(=C\CCCC(P(=O)(O)O)S(=O)(=O)O)Cc1ccccc1.[KH].[KH].[KH]. The molecule has 1 aromatic rings. The van der Waals surface area contributed by atoms with E-state index in [1.165, 1.54) is 0 Å². The van der Waals surface area contributed by atoms with Gasteiger partial charge in [-0.2, -0.15) is 8.42 Å². The maximum atomic E-state index is 11.1. The number of rotatable bonds is 8. The van der Waals surface area contributed by atoms with Crippen LogP contribution >= 0.6 is 7.60 Å². The molecule has 0 bridgehead atoms. The fraction of sp³-hybridized carbons (Fsp3) is 0.429. The molecule has 0 saturated carbocycles. The molecule has 0 amide bonds. The summed E-state index contributed by atoms with van der Waals surface area (Å²) in [5, 5.41) is 0. The van der Waals surface area contributed by atoms with Crippen LogP contribution in [0, 0.1) is 0 Å². The summed E-state index contributed by atoms with van der Waals surface area (Å²) in [4.78, 5) is 15.9. The Bertz CT molecular complexity index is 660. The van der Waals surface area contributed by atoms with Crippen LogP contribution in [0.2, 0.25) is 0 Å².